The van der Waals surface area contributed by atoms with Crippen LogP contribution in [-0.2, 0) is 5.41 Å². The first-order valence-electron chi connectivity index (χ1n) is 5.71. The van der Waals surface area contributed by atoms with Crippen LogP contribution in [0, 0.1) is 6.92 Å². The predicted molar refractivity (Wildman–Crippen MR) is 71.9 cm³/mol. The average molecular weight is 300 g/mol. The van der Waals surface area contributed by atoms with E-state index in [0.717, 1.165) is 34.4 Å². The molecule has 17 heavy (non-hydrogen) atoms. The first-order valence-corrected chi connectivity index (χ1v) is 6.50. The van der Waals surface area contributed by atoms with Gasteiger partial charge < -0.3 is 15.2 Å². The molecule has 0 radical (unpaired) electrons. The van der Waals surface area contributed by atoms with E-state index in [-0.39, 0.29) is 5.41 Å². The third-order valence-electron chi connectivity index (χ3n) is 3.63. The highest BCUT2D eigenvalue weighted by Gasteiger charge is 2.45. The molecule has 0 aliphatic heterocycles. The number of rotatable bonds is 4. The molecule has 2 rings (SSSR count). The van der Waals surface area contributed by atoms with Crippen molar-refractivity contribution in [2.75, 3.05) is 20.8 Å². The SMILES string of the molecule is COc1cc(Br)c(C2(CN)CC2)c(C)c1OC. The number of methoxy groups -OCH3 is 2. The third-order valence-corrected chi connectivity index (χ3v) is 4.26. The minimum absolute atomic E-state index is 0.141. The van der Waals surface area contributed by atoms with E-state index in [1.54, 1.807) is 14.2 Å². The summed E-state index contributed by atoms with van der Waals surface area (Å²) in [6.07, 6.45) is 2.30. The van der Waals surface area contributed by atoms with Gasteiger partial charge in [-0.2, -0.15) is 0 Å². The highest BCUT2D eigenvalue weighted by atomic mass is 79.9. The van der Waals surface area contributed by atoms with Gasteiger partial charge in [0.1, 0.15) is 0 Å². The number of halogens is 1. The van der Waals surface area contributed by atoms with E-state index in [9.17, 15) is 0 Å². The molecule has 0 unspecified atom stereocenters. The van der Waals surface area contributed by atoms with Gasteiger partial charge in [0.05, 0.1) is 14.2 Å². The molecule has 1 saturated carbocycles. The van der Waals surface area contributed by atoms with Gasteiger partial charge in [0.2, 0.25) is 0 Å². The van der Waals surface area contributed by atoms with Crippen molar-refractivity contribution in [2.45, 2.75) is 25.2 Å². The van der Waals surface area contributed by atoms with Crippen molar-refractivity contribution in [1.29, 1.82) is 0 Å². The molecule has 1 fully saturated rings. The van der Waals surface area contributed by atoms with Gasteiger partial charge in [0.25, 0.3) is 0 Å². The Balaban J connectivity index is 2.61. The van der Waals surface area contributed by atoms with Gasteiger partial charge in [-0.05, 0) is 37.0 Å². The van der Waals surface area contributed by atoms with E-state index in [0.29, 0.717) is 6.54 Å². The molecule has 1 aromatic carbocycles. The van der Waals surface area contributed by atoms with Gasteiger partial charge in [-0.15, -0.1) is 0 Å². The summed E-state index contributed by atoms with van der Waals surface area (Å²) in [6, 6.07) is 1.97. The Labute approximate surface area is 110 Å². The Morgan fingerprint density at radius 2 is 2.00 bits per heavy atom. The second-order valence-corrected chi connectivity index (χ2v) is 5.43. The minimum Gasteiger partial charge on any atom is -0.493 e. The zero-order valence-electron chi connectivity index (χ0n) is 10.5. The molecule has 0 aromatic heterocycles. The van der Waals surface area contributed by atoms with Crippen LogP contribution < -0.4 is 15.2 Å². The van der Waals surface area contributed by atoms with Crippen LogP contribution in [0.25, 0.3) is 0 Å². The fraction of sp³-hybridized carbons (Fsp3) is 0.538. The number of ether oxygens (including phenoxy) is 2. The fourth-order valence-corrected chi connectivity index (χ4v) is 3.42. The maximum atomic E-state index is 5.91. The fourth-order valence-electron chi connectivity index (χ4n) is 2.49. The van der Waals surface area contributed by atoms with Crippen LogP contribution in [0.15, 0.2) is 10.5 Å². The molecule has 0 spiro atoms. The summed E-state index contributed by atoms with van der Waals surface area (Å²) in [6.45, 7) is 2.75. The first kappa shape index (κ1) is 12.7. The van der Waals surface area contributed by atoms with Crippen LogP contribution in [0.2, 0.25) is 0 Å². The highest BCUT2D eigenvalue weighted by Crippen LogP contribution is 2.53. The second kappa shape index (κ2) is 4.50. The zero-order chi connectivity index (χ0) is 12.6. The molecule has 0 bridgehead atoms. The van der Waals surface area contributed by atoms with Gasteiger partial charge in [0, 0.05) is 16.4 Å². The van der Waals surface area contributed by atoms with Crippen molar-refractivity contribution in [3.63, 3.8) is 0 Å². The molecular formula is C13H18BrNO2. The average Bonchev–Trinajstić information content (AvgIpc) is 3.09. The molecule has 4 heteroatoms. The molecule has 3 nitrogen and oxygen atoms in total. The Morgan fingerprint density at radius 1 is 1.35 bits per heavy atom. The quantitative estimate of drug-likeness (QED) is 0.930. The summed E-state index contributed by atoms with van der Waals surface area (Å²) in [5.74, 6) is 1.57. The Bertz CT molecular complexity index is 442. The van der Waals surface area contributed by atoms with Crippen molar-refractivity contribution in [1.82, 2.24) is 0 Å². The van der Waals surface area contributed by atoms with Crippen molar-refractivity contribution in [3.05, 3.63) is 21.7 Å². The molecular weight excluding hydrogens is 282 g/mol. The maximum absolute atomic E-state index is 5.91. The van der Waals surface area contributed by atoms with Gasteiger partial charge in [-0.3, -0.25) is 0 Å². The van der Waals surface area contributed by atoms with Gasteiger partial charge in [-0.1, -0.05) is 15.9 Å². The standard InChI is InChI=1S/C13H18BrNO2/c1-8-11(13(7-15)4-5-13)9(14)6-10(16-2)12(8)17-3/h6H,4-5,7,15H2,1-3H3. The van der Waals surface area contributed by atoms with Crippen LogP contribution in [-0.4, -0.2) is 20.8 Å². The molecule has 1 aromatic rings. The molecule has 0 atom stereocenters. The number of nitrogens with two attached hydrogens (primary N) is 1. The van der Waals surface area contributed by atoms with Crippen molar-refractivity contribution in [3.8, 4) is 11.5 Å². The summed E-state index contributed by atoms with van der Waals surface area (Å²) < 4.78 is 11.8. The molecule has 0 saturated heterocycles. The predicted octanol–water partition coefficient (Wildman–Crippen LogP) is 2.77. The molecule has 94 valence electrons. The summed E-state index contributed by atoms with van der Waals surface area (Å²) >= 11 is 3.63. The first-order chi connectivity index (χ1) is 8.09. The largest absolute Gasteiger partial charge is 0.493 e. The molecule has 2 N–H and O–H groups in total. The van der Waals surface area contributed by atoms with Gasteiger partial charge >= 0.3 is 0 Å². The second-order valence-electron chi connectivity index (χ2n) is 4.58. The number of benzene rings is 1. The van der Waals surface area contributed by atoms with Crippen LogP contribution in [0.5, 0.6) is 11.5 Å². The van der Waals surface area contributed by atoms with E-state index in [4.69, 9.17) is 15.2 Å². The normalized spacial score (nSPS) is 16.8. The van der Waals surface area contributed by atoms with Crippen LogP contribution >= 0.6 is 15.9 Å². The summed E-state index contributed by atoms with van der Waals surface area (Å²) in [7, 11) is 3.32. The lowest BCUT2D eigenvalue weighted by Gasteiger charge is -2.21. The van der Waals surface area contributed by atoms with E-state index in [1.807, 2.05) is 6.07 Å². The summed E-state index contributed by atoms with van der Waals surface area (Å²) in [4.78, 5) is 0. The lowest BCUT2D eigenvalue weighted by atomic mass is 9.91. The van der Waals surface area contributed by atoms with E-state index >= 15 is 0 Å². The molecule has 0 heterocycles. The van der Waals surface area contributed by atoms with E-state index in [2.05, 4.69) is 22.9 Å². The van der Waals surface area contributed by atoms with Crippen molar-refractivity contribution in [2.24, 2.45) is 5.73 Å². The van der Waals surface area contributed by atoms with Gasteiger partial charge in [-0.25, -0.2) is 0 Å². The lowest BCUT2D eigenvalue weighted by molar-refractivity contribution is 0.351. The van der Waals surface area contributed by atoms with Crippen LogP contribution in [0.1, 0.15) is 24.0 Å². The smallest absolute Gasteiger partial charge is 0.163 e. The summed E-state index contributed by atoms with van der Waals surface area (Å²) in [5.41, 5.74) is 8.45. The Hall–Kier alpha value is -0.740. The number of hydrogen-bond donors (Lipinski definition) is 1. The van der Waals surface area contributed by atoms with Gasteiger partial charge in [0.15, 0.2) is 11.5 Å². The van der Waals surface area contributed by atoms with E-state index < -0.39 is 0 Å². The van der Waals surface area contributed by atoms with E-state index in [1.165, 1.54) is 5.56 Å². The van der Waals surface area contributed by atoms with Crippen molar-refractivity contribution < 1.29 is 9.47 Å². The molecule has 0 amide bonds. The van der Waals surface area contributed by atoms with Crippen LogP contribution in [0.3, 0.4) is 0 Å². The highest BCUT2D eigenvalue weighted by molar-refractivity contribution is 9.10. The lowest BCUT2D eigenvalue weighted by Crippen LogP contribution is -2.21. The topological polar surface area (TPSA) is 44.5 Å². The molecule has 1 aliphatic carbocycles. The Morgan fingerprint density at radius 3 is 2.41 bits per heavy atom. The minimum atomic E-state index is 0.141. The summed E-state index contributed by atoms with van der Waals surface area (Å²) in [5, 5.41) is 0. The zero-order valence-corrected chi connectivity index (χ0v) is 12.1. The third kappa shape index (κ3) is 1.93. The number of hydrogen-bond acceptors (Lipinski definition) is 3. The maximum Gasteiger partial charge on any atom is 0.163 e. The van der Waals surface area contributed by atoms with Crippen molar-refractivity contribution >= 4 is 15.9 Å². The monoisotopic (exact) mass is 299 g/mol. The van der Waals surface area contributed by atoms with Crippen LogP contribution in [0.4, 0.5) is 0 Å². The Kier molecular flexibility index (Phi) is 3.36. The molecule has 1 aliphatic rings.